The number of H-pyrrole nitrogens is 1. The minimum Gasteiger partial charge on any atom is -0.347 e. The Balaban J connectivity index is 1.33. The van der Waals surface area contributed by atoms with Crippen LogP contribution in [0.15, 0.2) is 29.1 Å². The third-order valence-electron chi connectivity index (χ3n) is 5.95. The lowest BCUT2D eigenvalue weighted by molar-refractivity contribution is -0.134. The molecule has 1 saturated carbocycles. The van der Waals surface area contributed by atoms with E-state index < -0.39 is 0 Å². The average Bonchev–Trinajstić information content (AvgIpc) is 3.33. The number of para-hydroxylation sites is 2. The highest BCUT2D eigenvalue weighted by Crippen LogP contribution is 2.26. The highest BCUT2D eigenvalue weighted by Gasteiger charge is 2.27. The molecule has 1 aliphatic carbocycles. The molecule has 1 aromatic carbocycles. The van der Waals surface area contributed by atoms with Gasteiger partial charge in [0.15, 0.2) is 0 Å². The third kappa shape index (κ3) is 3.63. The number of hydrogen-bond donors (Lipinski definition) is 2. The van der Waals surface area contributed by atoms with Crippen LogP contribution in [0.2, 0.25) is 0 Å². The van der Waals surface area contributed by atoms with Gasteiger partial charge in [0, 0.05) is 25.0 Å². The van der Waals surface area contributed by atoms with E-state index in [1.165, 1.54) is 0 Å². The number of hydrogen-bond acceptors (Lipinski definition) is 3. The van der Waals surface area contributed by atoms with Crippen molar-refractivity contribution < 1.29 is 9.59 Å². The monoisotopic (exact) mass is 370 g/mol. The number of amides is 2. The molecule has 7 heteroatoms. The molecular weight excluding hydrogens is 344 g/mol. The number of likely N-dealkylation sites (tertiary alicyclic amines) is 1. The number of aromatic amines is 1. The largest absolute Gasteiger partial charge is 0.347 e. The zero-order valence-electron chi connectivity index (χ0n) is 15.4. The van der Waals surface area contributed by atoms with Crippen LogP contribution in [0.5, 0.6) is 0 Å². The van der Waals surface area contributed by atoms with E-state index in [4.69, 9.17) is 0 Å². The Labute approximate surface area is 157 Å². The van der Waals surface area contributed by atoms with Gasteiger partial charge in [-0.2, -0.15) is 0 Å². The maximum absolute atomic E-state index is 12.4. The van der Waals surface area contributed by atoms with Gasteiger partial charge in [-0.05, 0) is 37.8 Å². The zero-order valence-corrected chi connectivity index (χ0v) is 15.4. The highest BCUT2D eigenvalue weighted by molar-refractivity contribution is 5.86. The Hall–Kier alpha value is -2.57. The molecule has 1 aromatic heterocycles. The lowest BCUT2D eigenvalue weighted by Gasteiger charge is -2.32. The second kappa shape index (κ2) is 7.58. The van der Waals surface area contributed by atoms with E-state index in [0.29, 0.717) is 13.1 Å². The molecule has 2 aromatic rings. The molecule has 0 bridgehead atoms. The maximum Gasteiger partial charge on any atom is 0.326 e. The van der Waals surface area contributed by atoms with Crippen LogP contribution >= 0.6 is 0 Å². The van der Waals surface area contributed by atoms with E-state index in [1.807, 2.05) is 28.8 Å². The summed E-state index contributed by atoms with van der Waals surface area (Å²) in [4.78, 5) is 41.5. The number of imidazole rings is 1. The number of fused-ring (bicyclic) bond motifs is 1. The summed E-state index contributed by atoms with van der Waals surface area (Å²) < 4.78 is 1.82. The van der Waals surface area contributed by atoms with Gasteiger partial charge in [0.2, 0.25) is 11.8 Å². The Morgan fingerprint density at radius 3 is 2.52 bits per heavy atom. The van der Waals surface area contributed by atoms with Crippen molar-refractivity contribution in [3.63, 3.8) is 0 Å². The molecule has 4 rings (SSSR count). The van der Waals surface area contributed by atoms with Gasteiger partial charge < -0.3 is 15.2 Å². The summed E-state index contributed by atoms with van der Waals surface area (Å²) in [5, 5.41) is 2.80. The van der Waals surface area contributed by atoms with Crippen LogP contribution in [0.3, 0.4) is 0 Å². The van der Waals surface area contributed by atoms with Crippen molar-refractivity contribution in [3.05, 3.63) is 34.7 Å². The summed E-state index contributed by atoms with van der Waals surface area (Å²) in [7, 11) is 0. The van der Waals surface area contributed by atoms with Crippen LogP contribution in [0.25, 0.3) is 11.0 Å². The van der Waals surface area contributed by atoms with Crippen LogP contribution in [0.1, 0.15) is 44.6 Å². The number of carbonyl (C=O) groups excluding carboxylic acids is 2. The van der Waals surface area contributed by atoms with Crippen LogP contribution in [0.4, 0.5) is 0 Å². The van der Waals surface area contributed by atoms with E-state index in [2.05, 4.69) is 10.3 Å². The highest BCUT2D eigenvalue weighted by atomic mass is 16.2. The number of piperidine rings is 1. The number of carbonyl (C=O) groups is 2. The first-order valence-electron chi connectivity index (χ1n) is 9.88. The van der Waals surface area contributed by atoms with Crippen LogP contribution < -0.4 is 11.0 Å². The molecule has 27 heavy (non-hydrogen) atoms. The molecule has 2 aliphatic rings. The summed E-state index contributed by atoms with van der Waals surface area (Å²) in [5.74, 6) is 0.0597. The summed E-state index contributed by atoms with van der Waals surface area (Å²) in [5.41, 5.74) is 1.66. The number of nitrogens with one attached hydrogen (secondary N) is 2. The Morgan fingerprint density at radius 1 is 1.07 bits per heavy atom. The first-order valence-corrected chi connectivity index (χ1v) is 9.88. The fourth-order valence-electron chi connectivity index (χ4n) is 4.42. The zero-order chi connectivity index (χ0) is 18.8. The molecule has 7 nitrogen and oxygen atoms in total. The lowest BCUT2D eigenvalue weighted by Crippen LogP contribution is -2.45. The molecule has 144 valence electrons. The van der Waals surface area contributed by atoms with E-state index in [9.17, 15) is 14.4 Å². The first kappa shape index (κ1) is 17.8. The SMILES string of the molecule is O=C(NCC(=O)N1CCC(n2c(=O)[nH]c3ccccc32)CC1)C1CCCC1. The molecule has 1 aliphatic heterocycles. The number of nitrogens with zero attached hydrogens (tertiary/aromatic N) is 2. The molecule has 0 unspecified atom stereocenters. The molecule has 0 radical (unpaired) electrons. The Bertz CT molecular complexity index is 886. The van der Waals surface area contributed by atoms with Crippen molar-refractivity contribution >= 4 is 22.8 Å². The van der Waals surface area contributed by atoms with Crippen molar-refractivity contribution in [2.45, 2.75) is 44.6 Å². The summed E-state index contributed by atoms with van der Waals surface area (Å²) in [6, 6.07) is 7.77. The topological polar surface area (TPSA) is 87.2 Å². The standard InChI is InChI=1S/C20H26N4O3/c25-18(13-21-19(26)14-5-1-2-6-14)23-11-9-15(10-12-23)24-17-8-4-3-7-16(17)22-20(24)27/h3-4,7-8,14-15H,1-2,5-6,9-13H2,(H,21,26)(H,22,27). The Kier molecular flexibility index (Phi) is 5.01. The second-order valence-electron chi connectivity index (χ2n) is 7.63. The van der Waals surface area contributed by atoms with E-state index in [0.717, 1.165) is 49.6 Å². The summed E-state index contributed by atoms with van der Waals surface area (Å²) in [6.45, 7) is 1.29. The third-order valence-corrected chi connectivity index (χ3v) is 5.95. The van der Waals surface area contributed by atoms with Crippen LogP contribution in [0, 0.1) is 5.92 Å². The molecule has 0 spiro atoms. The molecule has 2 heterocycles. The molecular formula is C20H26N4O3. The van der Waals surface area contributed by atoms with Gasteiger partial charge in [-0.3, -0.25) is 14.2 Å². The van der Waals surface area contributed by atoms with E-state index in [1.54, 1.807) is 4.90 Å². The van der Waals surface area contributed by atoms with Gasteiger partial charge in [0.1, 0.15) is 0 Å². The molecule has 0 atom stereocenters. The summed E-state index contributed by atoms with van der Waals surface area (Å²) >= 11 is 0. The average molecular weight is 370 g/mol. The van der Waals surface area contributed by atoms with Crippen molar-refractivity contribution in [1.29, 1.82) is 0 Å². The van der Waals surface area contributed by atoms with E-state index in [-0.39, 0.29) is 36.0 Å². The van der Waals surface area contributed by atoms with Gasteiger partial charge in [-0.15, -0.1) is 0 Å². The predicted molar refractivity (Wildman–Crippen MR) is 102 cm³/mol. The van der Waals surface area contributed by atoms with Gasteiger partial charge in [0.25, 0.3) is 0 Å². The van der Waals surface area contributed by atoms with Crippen molar-refractivity contribution in [3.8, 4) is 0 Å². The van der Waals surface area contributed by atoms with Crippen molar-refractivity contribution in [2.24, 2.45) is 5.92 Å². The fourth-order valence-corrected chi connectivity index (χ4v) is 4.42. The molecule has 2 N–H and O–H groups in total. The van der Waals surface area contributed by atoms with Gasteiger partial charge in [-0.25, -0.2) is 4.79 Å². The minimum atomic E-state index is -0.0928. The molecule has 2 fully saturated rings. The molecule has 1 saturated heterocycles. The summed E-state index contributed by atoms with van der Waals surface area (Å²) in [6.07, 6.45) is 5.56. The van der Waals surface area contributed by atoms with Gasteiger partial charge in [-0.1, -0.05) is 25.0 Å². The maximum atomic E-state index is 12.4. The van der Waals surface area contributed by atoms with Gasteiger partial charge in [0.05, 0.1) is 17.6 Å². The second-order valence-corrected chi connectivity index (χ2v) is 7.63. The first-order chi connectivity index (χ1) is 13.1. The predicted octanol–water partition coefficient (Wildman–Crippen LogP) is 1.80. The normalized spacial score (nSPS) is 18.9. The number of aromatic nitrogens is 2. The number of benzene rings is 1. The molecule has 2 amide bonds. The Morgan fingerprint density at radius 2 is 1.78 bits per heavy atom. The van der Waals surface area contributed by atoms with Crippen LogP contribution in [-0.4, -0.2) is 45.9 Å². The number of rotatable bonds is 4. The minimum absolute atomic E-state index is 0.0149. The van der Waals surface area contributed by atoms with Crippen LogP contribution in [-0.2, 0) is 9.59 Å². The van der Waals surface area contributed by atoms with E-state index >= 15 is 0 Å². The fraction of sp³-hybridized carbons (Fsp3) is 0.550. The smallest absolute Gasteiger partial charge is 0.326 e. The van der Waals surface area contributed by atoms with Crippen molar-refractivity contribution in [2.75, 3.05) is 19.6 Å². The van der Waals surface area contributed by atoms with Gasteiger partial charge >= 0.3 is 5.69 Å². The lowest BCUT2D eigenvalue weighted by atomic mass is 10.0. The quantitative estimate of drug-likeness (QED) is 0.860. The van der Waals surface area contributed by atoms with Crippen molar-refractivity contribution in [1.82, 2.24) is 19.8 Å².